The Kier molecular flexibility index (Phi) is 2.22. The molecule has 0 saturated carbocycles. The maximum absolute atomic E-state index is 4.04. The van der Waals surface area contributed by atoms with Crippen molar-refractivity contribution in [2.24, 2.45) is 0 Å². The molecule has 1 radical (unpaired) electrons. The Bertz CT molecular complexity index is 198. The molecule has 1 aromatic rings. The largest absolute Gasteiger partial charge is 0.249 e. The molecule has 0 amide bonds. The van der Waals surface area contributed by atoms with Gasteiger partial charge >= 0.3 is 0 Å². The maximum atomic E-state index is 4.04. The first-order valence-corrected chi connectivity index (χ1v) is 3.54. The molecule has 2 heteroatoms. The van der Waals surface area contributed by atoms with E-state index in [2.05, 4.69) is 20.9 Å². The van der Waals surface area contributed by atoms with Crippen LogP contribution in [0.1, 0.15) is 12.5 Å². The van der Waals surface area contributed by atoms with Gasteiger partial charge in [0.1, 0.15) is 4.60 Å². The first kappa shape index (κ1) is 6.75. The molecule has 0 N–H and O–H groups in total. The molecular formula is C7H7BrN. The molecule has 1 nitrogen and oxygen atoms in total. The second kappa shape index (κ2) is 2.97. The van der Waals surface area contributed by atoms with Gasteiger partial charge in [-0.2, -0.15) is 0 Å². The van der Waals surface area contributed by atoms with E-state index < -0.39 is 0 Å². The van der Waals surface area contributed by atoms with Crippen molar-refractivity contribution in [2.75, 3.05) is 0 Å². The Hall–Kier alpha value is -0.370. The highest BCUT2D eigenvalue weighted by Crippen LogP contribution is 2.13. The zero-order valence-corrected chi connectivity index (χ0v) is 6.72. The lowest BCUT2D eigenvalue weighted by Crippen LogP contribution is -1.81. The van der Waals surface area contributed by atoms with Crippen molar-refractivity contribution in [3.63, 3.8) is 0 Å². The van der Waals surface area contributed by atoms with E-state index >= 15 is 0 Å². The first-order valence-electron chi connectivity index (χ1n) is 2.74. The van der Waals surface area contributed by atoms with E-state index in [0.717, 1.165) is 10.2 Å². The molecule has 0 spiro atoms. The van der Waals surface area contributed by atoms with Gasteiger partial charge in [-0.3, -0.25) is 0 Å². The van der Waals surface area contributed by atoms with Gasteiger partial charge in [-0.05, 0) is 34.0 Å². The normalized spacial score (nSPS) is 9.56. The van der Waals surface area contributed by atoms with Gasteiger partial charge in [0.15, 0.2) is 0 Å². The summed E-state index contributed by atoms with van der Waals surface area (Å²) in [7, 11) is 0. The smallest absolute Gasteiger partial charge is 0.109 e. The first-order chi connectivity index (χ1) is 4.34. The van der Waals surface area contributed by atoms with Gasteiger partial charge < -0.3 is 0 Å². The minimum absolute atomic E-state index is 0.910. The average molecular weight is 185 g/mol. The summed E-state index contributed by atoms with van der Waals surface area (Å²) >= 11 is 3.31. The lowest BCUT2D eigenvalue weighted by atomic mass is 10.2. The quantitative estimate of drug-likeness (QED) is 0.612. The highest BCUT2D eigenvalue weighted by atomic mass is 79.9. The fraction of sp³-hybridized carbons (Fsp3) is 0.143. The van der Waals surface area contributed by atoms with Crippen molar-refractivity contribution in [2.45, 2.75) is 6.92 Å². The number of halogens is 1. The summed E-state index contributed by atoms with van der Waals surface area (Å²) < 4.78 is 0.910. The summed E-state index contributed by atoms with van der Waals surface area (Å²) in [4.78, 5) is 4.04. The van der Waals surface area contributed by atoms with Gasteiger partial charge in [0.05, 0.1) is 0 Å². The van der Waals surface area contributed by atoms with E-state index in [1.54, 1.807) is 6.20 Å². The standard InChI is InChI=1S/C7H7BrN/c1-2-6-4-3-5-9-7(6)8/h2-5H,1H3. The predicted octanol–water partition coefficient (Wildman–Crippen LogP) is 2.42. The molecule has 0 aliphatic rings. The van der Waals surface area contributed by atoms with Crippen molar-refractivity contribution in [1.29, 1.82) is 0 Å². The molecule has 0 aliphatic carbocycles. The number of aromatic nitrogens is 1. The minimum atomic E-state index is 0.910. The summed E-state index contributed by atoms with van der Waals surface area (Å²) in [6.07, 6.45) is 3.77. The van der Waals surface area contributed by atoms with Crippen LogP contribution in [0.25, 0.3) is 0 Å². The van der Waals surface area contributed by atoms with Crippen LogP contribution in [-0.2, 0) is 0 Å². The monoisotopic (exact) mass is 184 g/mol. The fourth-order valence-electron chi connectivity index (χ4n) is 0.614. The number of hydrogen-bond acceptors (Lipinski definition) is 1. The molecule has 0 atom stereocenters. The molecule has 0 aromatic carbocycles. The average Bonchev–Trinajstić information content (AvgIpc) is 1.89. The lowest BCUT2D eigenvalue weighted by molar-refractivity contribution is 1.22. The number of rotatable bonds is 1. The Morgan fingerprint density at radius 2 is 2.44 bits per heavy atom. The van der Waals surface area contributed by atoms with Crippen molar-refractivity contribution in [3.8, 4) is 0 Å². The molecular weight excluding hydrogens is 178 g/mol. The van der Waals surface area contributed by atoms with Crippen LogP contribution in [0, 0.1) is 6.42 Å². The summed E-state index contributed by atoms with van der Waals surface area (Å²) in [6.45, 7) is 1.99. The molecule has 1 rings (SSSR count). The zero-order chi connectivity index (χ0) is 6.69. The Morgan fingerprint density at radius 3 is 2.89 bits per heavy atom. The molecule has 0 unspecified atom stereocenters. The molecule has 9 heavy (non-hydrogen) atoms. The summed E-state index contributed by atoms with van der Waals surface area (Å²) in [5, 5.41) is 0. The van der Waals surface area contributed by atoms with E-state index in [1.807, 2.05) is 25.5 Å². The van der Waals surface area contributed by atoms with Gasteiger partial charge in [0, 0.05) is 6.20 Å². The van der Waals surface area contributed by atoms with Crippen molar-refractivity contribution in [1.82, 2.24) is 4.98 Å². The van der Waals surface area contributed by atoms with Gasteiger partial charge in [-0.1, -0.05) is 13.0 Å². The predicted molar refractivity (Wildman–Crippen MR) is 41.0 cm³/mol. The summed E-state index contributed by atoms with van der Waals surface area (Å²) in [5.41, 5.74) is 1.14. The number of hydrogen-bond donors (Lipinski definition) is 0. The van der Waals surface area contributed by atoms with Crippen LogP contribution in [0.15, 0.2) is 22.9 Å². The molecule has 1 heterocycles. The van der Waals surface area contributed by atoms with E-state index in [4.69, 9.17) is 0 Å². The van der Waals surface area contributed by atoms with Crippen molar-refractivity contribution in [3.05, 3.63) is 34.9 Å². The lowest BCUT2D eigenvalue weighted by Gasteiger charge is -1.95. The highest BCUT2D eigenvalue weighted by Gasteiger charge is 1.93. The van der Waals surface area contributed by atoms with Crippen LogP contribution < -0.4 is 0 Å². The molecule has 0 fully saturated rings. The van der Waals surface area contributed by atoms with Gasteiger partial charge in [0.2, 0.25) is 0 Å². The zero-order valence-electron chi connectivity index (χ0n) is 5.13. The van der Waals surface area contributed by atoms with Crippen LogP contribution in [0.4, 0.5) is 0 Å². The molecule has 0 bridgehead atoms. The third-order valence-electron chi connectivity index (χ3n) is 1.10. The SMILES string of the molecule is C[CH]c1cccnc1Br. The van der Waals surface area contributed by atoms with Gasteiger partial charge in [-0.25, -0.2) is 4.98 Å². The van der Waals surface area contributed by atoms with Crippen LogP contribution in [-0.4, -0.2) is 4.98 Å². The Labute approximate surface area is 63.2 Å². The van der Waals surface area contributed by atoms with Crippen molar-refractivity contribution >= 4 is 15.9 Å². The topological polar surface area (TPSA) is 12.9 Å². The minimum Gasteiger partial charge on any atom is -0.249 e. The summed E-state index contributed by atoms with van der Waals surface area (Å²) in [6, 6.07) is 3.93. The van der Waals surface area contributed by atoms with Crippen LogP contribution in [0.2, 0.25) is 0 Å². The van der Waals surface area contributed by atoms with E-state index in [0.29, 0.717) is 0 Å². The van der Waals surface area contributed by atoms with Crippen LogP contribution >= 0.6 is 15.9 Å². The Morgan fingerprint density at radius 1 is 1.67 bits per heavy atom. The highest BCUT2D eigenvalue weighted by molar-refractivity contribution is 9.10. The van der Waals surface area contributed by atoms with Crippen LogP contribution in [0.3, 0.4) is 0 Å². The van der Waals surface area contributed by atoms with Crippen molar-refractivity contribution < 1.29 is 0 Å². The Balaban J connectivity index is 3.01. The molecule has 47 valence electrons. The third kappa shape index (κ3) is 1.52. The van der Waals surface area contributed by atoms with Crippen LogP contribution in [0.5, 0.6) is 0 Å². The second-order valence-corrected chi connectivity index (χ2v) is 2.42. The summed E-state index contributed by atoms with van der Waals surface area (Å²) in [5.74, 6) is 0. The molecule has 0 aliphatic heterocycles. The molecule has 0 saturated heterocycles. The molecule has 1 aromatic heterocycles. The van der Waals surface area contributed by atoms with E-state index in [-0.39, 0.29) is 0 Å². The van der Waals surface area contributed by atoms with E-state index in [9.17, 15) is 0 Å². The second-order valence-electron chi connectivity index (χ2n) is 1.67. The van der Waals surface area contributed by atoms with E-state index in [1.165, 1.54) is 0 Å². The van der Waals surface area contributed by atoms with Gasteiger partial charge in [-0.15, -0.1) is 0 Å². The number of nitrogens with zero attached hydrogens (tertiary/aromatic N) is 1. The van der Waals surface area contributed by atoms with Gasteiger partial charge in [0.25, 0.3) is 0 Å². The number of pyridine rings is 1. The third-order valence-corrected chi connectivity index (χ3v) is 1.76. The fourth-order valence-corrected chi connectivity index (χ4v) is 1.09. The maximum Gasteiger partial charge on any atom is 0.109 e.